The second-order valence-corrected chi connectivity index (χ2v) is 7.66. The number of nitrogens with one attached hydrogen (secondary N) is 1. The number of hydrogen-bond acceptors (Lipinski definition) is 5. The van der Waals surface area contributed by atoms with Crippen LogP contribution in [0.2, 0.25) is 0 Å². The summed E-state index contributed by atoms with van der Waals surface area (Å²) in [5, 5.41) is 11.8. The molecule has 1 aromatic heterocycles. The normalized spacial score (nSPS) is 21.1. The molecule has 2 aliphatic rings. The molecule has 8 heteroatoms. The van der Waals surface area contributed by atoms with Crippen molar-refractivity contribution in [1.82, 2.24) is 25.0 Å². The van der Waals surface area contributed by atoms with Gasteiger partial charge in [-0.1, -0.05) is 19.8 Å². The predicted molar refractivity (Wildman–Crippen MR) is 108 cm³/mol. The SMILES string of the molecule is CCOC(=O)C1CCCN(C(=NCCn2cnnc2CC)NC2CCCC2)C1. The average Bonchev–Trinajstić information content (AvgIpc) is 3.39. The lowest BCUT2D eigenvalue weighted by atomic mass is 9.98. The van der Waals surface area contributed by atoms with Crippen LogP contribution in [-0.2, 0) is 22.5 Å². The summed E-state index contributed by atoms with van der Waals surface area (Å²) in [6, 6.07) is 0.489. The average molecular weight is 391 g/mol. The van der Waals surface area contributed by atoms with Gasteiger partial charge in [-0.05, 0) is 32.6 Å². The molecule has 0 spiro atoms. The monoisotopic (exact) mass is 390 g/mol. The van der Waals surface area contributed by atoms with Gasteiger partial charge in [-0.3, -0.25) is 9.79 Å². The molecule has 1 N–H and O–H groups in total. The van der Waals surface area contributed by atoms with E-state index in [1.807, 2.05) is 6.92 Å². The molecule has 1 aromatic rings. The number of esters is 1. The summed E-state index contributed by atoms with van der Waals surface area (Å²) in [5.41, 5.74) is 0. The number of carbonyl (C=O) groups is 1. The summed E-state index contributed by atoms with van der Waals surface area (Å²) >= 11 is 0. The van der Waals surface area contributed by atoms with E-state index in [0.29, 0.717) is 25.7 Å². The summed E-state index contributed by atoms with van der Waals surface area (Å²) in [6.45, 7) is 7.44. The number of likely N-dealkylation sites (tertiary alicyclic amines) is 1. The van der Waals surface area contributed by atoms with Crippen LogP contribution in [0, 0.1) is 5.92 Å². The number of guanidine groups is 1. The fourth-order valence-electron chi connectivity index (χ4n) is 4.11. The number of carbonyl (C=O) groups excluding carboxylic acids is 1. The first kappa shape index (κ1) is 20.6. The maximum atomic E-state index is 12.2. The highest BCUT2D eigenvalue weighted by molar-refractivity contribution is 5.81. The molecule has 2 heterocycles. The molecule has 1 unspecified atom stereocenters. The van der Waals surface area contributed by atoms with E-state index in [1.165, 1.54) is 25.7 Å². The highest BCUT2D eigenvalue weighted by Gasteiger charge is 2.29. The molecule has 2 fully saturated rings. The third-order valence-electron chi connectivity index (χ3n) is 5.64. The Hall–Kier alpha value is -2.12. The molecule has 156 valence electrons. The number of piperidine rings is 1. The van der Waals surface area contributed by atoms with E-state index in [1.54, 1.807) is 6.33 Å². The summed E-state index contributed by atoms with van der Waals surface area (Å²) in [5.74, 6) is 1.78. The Morgan fingerprint density at radius 1 is 1.29 bits per heavy atom. The van der Waals surface area contributed by atoms with Crippen LogP contribution in [0.5, 0.6) is 0 Å². The smallest absolute Gasteiger partial charge is 0.310 e. The van der Waals surface area contributed by atoms with Gasteiger partial charge in [-0.25, -0.2) is 0 Å². The van der Waals surface area contributed by atoms with Crippen molar-refractivity contribution in [1.29, 1.82) is 0 Å². The van der Waals surface area contributed by atoms with Crippen LogP contribution in [-0.4, -0.2) is 63.9 Å². The molecular weight excluding hydrogens is 356 g/mol. The quantitative estimate of drug-likeness (QED) is 0.435. The number of aromatic nitrogens is 3. The number of ether oxygens (including phenoxy) is 1. The Morgan fingerprint density at radius 2 is 2.11 bits per heavy atom. The highest BCUT2D eigenvalue weighted by Crippen LogP contribution is 2.21. The predicted octanol–water partition coefficient (Wildman–Crippen LogP) is 2.00. The zero-order valence-electron chi connectivity index (χ0n) is 17.3. The number of aliphatic imine (C=N–C) groups is 1. The van der Waals surface area contributed by atoms with Crippen molar-refractivity contribution in [3.05, 3.63) is 12.2 Å². The van der Waals surface area contributed by atoms with Crippen LogP contribution >= 0.6 is 0 Å². The minimum Gasteiger partial charge on any atom is -0.466 e. The van der Waals surface area contributed by atoms with Gasteiger partial charge < -0.3 is 19.5 Å². The van der Waals surface area contributed by atoms with Gasteiger partial charge in [0.15, 0.2) is 5.96 Å². The van der Waals surface area contributed by atoms with Crippen LogP contribution < -0.4 is 5.32 Å². The standard InChI is InChI=1S/C20H34N6O2/c1-3-18-24-22-15-26(18)13-11-21-20(23-17-9-5-6-10-17)25-12-7-8-16(14-25)19(27)28-4-2/h15-17H,3-14H2,1-2H3,(H,21,23). The van der Waals surface area contributed by atoms with Crippen LogP contribution in [0.25, 0.3) is 0 Å². The fraction of sp³-hybridized carbons (Fsp3) is 0.800. The van der Waals surface area contributed by atoms with Crippen molar-refractivity contribution in [2.24, 2.45) is 10.9 Å². The lowest BCUT2D eigenvalue weighted by Crippen LogP contribution is -2.50. The van der Waals surface area contributed by atoms with Gasteiger partial charge in [0.1, 0.15) is 12.2 Å². The lowest BCUT2D eigenvalue weighted by molar-refractivity contribution is -0.149. The van der Waals surface area contributed by atoms with Crippen molar-refractivity contribution in [3.8, 4) is 0 Å². The van der Waals surface area contributed by atoms with E-state index < -0.39 is 0 Å². The van der Waals surface area contributed by atoms with Crippen LogP contribution in [0.15, 0.2) is 11.3 Å². The number of rotatable bonds is 7. The lowest BCUT2D eigenvalue weighted by Gasteiger charge is -2.35. The van der Waals surface area contributed by atoms with Gasteiger partial charge in [0.2, 0.25) is 0 Å². The first-order valence-electron chi connectivity index (χ1n) is 10.8. The number of aryl methyl sites for hydroxylation is 1. The third kappa shape index (κ3) is 5.45. The molecule has 0 bridgehead atoms. The van der Waals surface area contributed by atoms with Gasteiger partial charge in [-0.2, -0.15) is 0 Å². The van der Waals surface area contributed by atoms with Crippen molar-refractivity contribution in [2.45, 2.75) is 71.4 Å². The molecule has 1 aliphatic heterocycles. The summed E-state index contributed by atoms with van der Waals surface area (Å²) < 4.78 is 7.32. The molecule has 8 nitrogen and oxygen atoms in total. The molecule has 0 radical (unpaired) electrons. The molecule has 1 aliphatic carbocycles. The molecule has 0 amide bonds. The van der Waals surface area contributed by atoms with E-state index in [4.69, 9.17) is 9.73 Å². The second kappa shape index (κ2) is 10.4. The Balaban J connectivity index is 1.65. The molecule has 0 aromatic carbocycles. The van der Waals surface area contributed by atoms with Crippen LogP contribution in [0.4, 0.5) is 0 Å². The topological polar surface area (TPSA) is 84.6 Å². The van der Waals surface area contributed by atoms with Crippen LogP contribution in [0.3, 0.4) is 0 Å². The minimum atomic E-state index is -0.0792. The second-order valence-electron chi connectivity index (χ2n) is 7.66. The van der Waals surface area contributed by atoms with E-state index in [9.17, 15) is 4.79 Å². The van der Waals surface area contributed by atoms with Gasteiger partial charge in [0, 0.05) is 32.1 Å². The molecule has 1 saturated heterocycles. The number of hydrogen-bond donors (Lipinski definition) is 1. The molecule has 28 heavy (non-hydrogen) atoms. The van der Waals surface area contributed by atoms with Crippen molar-refractivity contribution in [2.75, 3.05) is 26.2 Å². The van der Waals surface area contributed by atoms with Crippen molar-refractivity contribution >= 4 is 11.9 Å². The summed E-state index contributed by atoms with van der Waals surface area (Å²) in [7, 11) is 0. The Morgan fingerprint density at radius 3 is 2.86 bits per heavy atom. The van der Waals surface area contributed by atoms with E-state index >= 15 is 0 Å². The zero-order valence-corrected chi connectivity index (χ0v) is 17.3. The fourth-order valence-corrected chi connectivity index (χ4v) is 4.11. The summed E-state index contributed by atoms with van der Waals surface area (Å²) in [6.07, 6.45) is 9.46. The molecular formula is C20H34N6O2. The van der Waals surface area contributed by atoms with Crippen LogP contribution in [0.1, 0.15) is 58.2 Å². The first-order chi connectivity index (χ1) is 13.7. The Kier molecular flexibility index (Phi) is 7.68. The van der Waals surface area contributed by atoms with Gasteiger partial charge >= 0.3 is 5.97 Å². The maximum absolute atomic E-state index is 12.2. The maximum Gasteiger partial charge on any atom is 0.310 e. The summed E-state index contributed by atoms with van der Waals surface area (Å²) in [4.78, 5) is 19.4. The Bertz CT molecular complexity index is 653. The van der Waals surface area contributed by atoms with Gasteiger partial charge in [-0.15, -0.1) is 10.2 Å². The van der Waals surface area contributed by atoms with E-state index in [2.05, 4.69) is 31.9 Å². The Labute approximate surface area is 167 Å². The van der Waals surface area contributed by atoms with Gasteiger partial charge in [0.25, 0.3) is 0 Å². The van der Waals surface area contributed by atoms with E-state index in [-0.39, 0.29) is 11.9 Å². The van der Waals surface area contributed by atoms with E-state index in [0.717, 1.165) is 44.1 Å². The molecule has 1 saturated carbocycles. The zero-order chi connectivity index (χ0) is 19.8. The third-order valence-corrected chi connectivity index (χ3v) is 5.64. The van der Waals surface area contributed by atoms with Crippen molar-refractivity contribution in [3.63, 3.8) is 0 Å². The highest BCUT2D eigenvalue weighted by atomic mass is 16.5. The van der Waals surface area contributed by atoms with Gasteiger partial charge in [0.05, 0.1) is 19.1 Å². The first-order valence-corrected chi connectivity index (χ1v) is 10.8. The molecule has 3 rings (SSSR count). The number of nitrogens with zero attached hydrogens (tertiary/aromatic N) is 5. The largest absolute Gasteiger partial charge is 0.466 e. The molecule has 1 atom stereocenters. The minimum absolute atomic E-state index is 0.0613. The van der Waals surface area contributed by atoms with Crippen molar-refractivity contribution < 1.29 is 9.53 Å².